The first-order chi connectivity index (χ1) is 9.38. The summed E-state index contributed by atoms with van der Waals surface area (Å²) in [6.45, 7) is 6.55. The smallest absolute Gasteiger partial charge is 0.277 e. The summed E-state index contributed by atoms with van der Waals surface area (Å²) < 4.78 is 0. The minimum Gasteiger partial charge on any atom is -0.277 e. The second-order valence-electron chi connectivity index (χ2n) is 6.54. The predicted octanol–water partition coefficient (Wildman–Crippen LogP) is 2.31. The lowest BCUT2D eigenvalue weighted by molar-refractivity contribution is -0.154. The molecular weight excluding hydrogens is 256 g/mol. The lowest BCUT2D eigenvalue weighted by Gasteiger charge is -2.42. The Hall–Kier alpha value is -1.39. The average Bonchev–Trinajstić information content (AvgIpc) is 2.42. The van der Waals surface area contributed by atoms with Gasteiger partial charge in [0.05, 0.1) is 0 Å². The lowest BCUT2D eigenvalue weighted by Crippen LogP contribution is -2.65. The summed E-state index contributed by atoms with van der Waals surface area (Å²) in [5.41, 5.74) is -0.983. The highest BCUT2D eigenvalue weighted by Crippen LogP contribution is 2.40. The van der Waals surface area contributed by atoms with Crippen LogP contribution in [0.5, 0.6) is 0 Å². The molecule has 2 aliphatic rings. The van der Waals surface area contributed by atoms with Crippen LogP contribution in [0, 0.1) is 17.3 Å². The molecule has 0 bridgehead atoms. The molecule has 1 aliphatic heterocycles. The fourth-order valence-corrected chi connectivity index (χ4v) is 2.99. The molecule has 2 rings (SSSR count). The van der Waals surface area contributed by atoms with Crippen LogP contribution in [0.3, 0.4) is 0 Å². The third-order valence-corrected chi connectivity index (χ3v) is 4.87. The van der Waals surface area contributed by atoms with Gasteiger partial charge < -0.3 is 0 Å². The van der Waals surface area contributed by atoms with Crippen molar-refractivity contribution in [1.82, 2.24) is 10.2 Å². The lowest BCUT2D eigenvalue weighted by atomic mass is 9.71. The van der Waals surface area contributed by atoms with Crippen LogP contribution in [-0.4, -0.2) is 29.3 Å². The molecule has 5 nitrogen and oxygen atoms in total. The fraction of sp³-hybridized carbons (Fsp3) is 0.800. The summed E-state index contributed by atoms with van der Waals surface area (Å²) in [5.74, 6) is -0.0619. The number of carbonyl (C=O) groups is 3. The standard InChI is InChI=1S/C15H24N2O3/c1-10(2)11(3)9-17-13(19)15(7-5-4-6-8-15)12(18)16-14(17)20/h10-11H,4-9H2,1-3H3,(H,16,18,20). The SMILES string of the molecule is CC(C)C(C)CN1C(=O)NC(=O)C2(CCCCC2)C1=O. The van der Waals surface area contributed by atoms with Crippen LogP contribution < -0.4 is 5.32 Å². The largest absolute Gasteiger partial charge is 0.330 e. The van der Waals surface area contributed by atoms with E-state index in [1.807, 2.05) is 6.92 Å². The Morgan fingerprint density at radius 2 is 1.70 bits per heavy atom. The molecule has 1 saturated heterocycles. The van der Waals surface area contributed by atoms with Gasteiger partial charge in [-0.05, 0) is 24.7 Å². The van der Waals surface area contributed by atoms with Crippen molar-refractivity contribution < 1.29 is 14.4 Å². The first-order valence-electron chi connectivity index (χ1n) is 7.56. The van der Waals surface area contributed by atoms with Gasteiger partial charge in [0.2, 0.25) is 11.8 Å². The highest BCUT2D eigenvalue weighted by Gasteiger charge is 2.53. The minimum atomic E-state index is -0.983. The molecule has 20 heavy (non-hydrogen) atoms. The van der Waals surface area contributed by atoms with E-state index < -0.39 is 11.4 Å². The first-order valence-corrected chi connectivity index (χ1v) is 7.56. The number of imide groups is 2. The maximum absolute atomic E-state index is 12.7. The zero-order valence-corrected chi connectivity index (χ0v) is 12.6. The molecular formula is C15H24N2O3. The zero-order valence-electron chi connectivity index (χ0n) is 12.6. The molecule has 1 atom stereocenters. The third kappa shape index (κ3) is 2.45. The number of urea groups is 1. The maximum atomic E-state index is 12.7. The van der Waals surface area contributed by atoms with Crippen LogP contribution in [0.2, 0.25) is 0 Å². The summed E-state index contributed by atoms with van der Waals surface area (Å²) in [6, 6.07) is -0.552. The molecule has 0 aromatic heterocycles. The summed E-state index contributed by atoms with van der Waals surface area (Å²) in [7, 11) is 0. The number of carbonyl (C=O) groups excluding carboxylic acids is 3. The van der Waals surface area contributed by atoms with Crippen LogP contribution in [0.15, 0.2) is 0 Å². The fourth-order valence-electron chi connectivity index (χ4n) is 2.99. The Morgan fingerprint density at radius 3 is 2.25 bits per heavy atom. The summed E-state index contributed by atoms with van der Waals surface area (Å²) in [5, 5.41) is 2.39. The van der Waals surface area contributed by atoms with Crippen molar-refractivity contribution in [2.75, 3.05) is 6.54 Å². The molecule has 1 unspecified atom stereocenters. The van der Waals surface area contributed by atoms with Gasteiger partial charge in [0.1, 0.15) is 5.41 Å². The molecule has 1 heterocycles. The van der Waals surface area contributed by atoms with Gasteiger partial charge >= 0.3 is 6.03 Å². The van der Waals surface area contributed by atoms with E-state index in [-0.39, 0.29) is 17.7 Å². The van der Waals surface area contributed by atoms with Crippen molar-refractivity contribution >= 4 is 17.8 Å². The number of nitrogens with zero attached hydrogens (tertiary/aromatic N) is 1. The normalized spacial score (nSPS) is 24.2. The second kappa shape index (κ2) is 5.54. The number of nitrogens with one attached hydrogen (secondary N) is 1. The van der Waals surface area contributed by atoms with Crippen LogP contribution in [0.25, 0.3) is 0 Å². The van der Waals surface area contributed by atoms with Crippen LogP contribution in [-0.2, 0) is 9.59 Å². The molecule has 1 spiro atoms. The molecule has 4 amide bonds. The van der Waals surface area contributed by atoms with Gasteiger partial charge in [0.15, 0.2) is 0 Å². The van der Waals surface area contributed by atoms with Crippen molar-refractivity contribution in [2.24, 2.45) is 17.3 Å². The quantitative estimate of drug-likeness (QED) is 0.807. The molecule has 0 radical (unpaired) electrons. The molecule has 1 N–H and O–H groups in total. The Labute approximate surface area is 120 Å². The molecule has 112 valence electrons. The maximum Gasteiger partial charge on any atom is 0.330 e. The Kier molecular flexibility index (Phi) is 4.16. The van der Waals surface area contributed by atoms with Crippen LogP contribution in [0.1, 0.15) is 52.9 Å². The third-order valence-electron chi connectivity index (χ3n) is 4.87. The summed E-state index contributed by atoms with van der Waals surface area (Å²) in [4.78, 5) is 38.1. The average molecular weight is 280 g/mol. The van der Waals surface area contributed by atoms with E-state index in [4.69, 9.17) is 0 Å². The molecule has 0 aromatic rings. The van der Waals surface area contributed by atoms with Gasteiger partial charge in [-0.15, -0.1) is 0 Å². The summed E-state index contributed by atoms with van der Waals surface area (Å²) in [6.07, 6.45) is 3.94. The van der Waals surface area contributed by atoms with Crippen molar-refractivity contribution in [3.05, 3.63) is 0 Å². The van der Waals surface area contributed by atoms with Crippen molar-refractivity contribution in [3.8, 4) is 0 Å². The second-order valence-corrected chi connectivity index (χ2v) is 6.54. The van der Waals surface area contributed by atoms with Crippen molar-refractivity contribution in [2.45, 2.75) is 52.9 Å². The highest BCUT2D eigenvalue weighted by atomic mass is 16.2. The monoisotopic (exact) mass is 280 g/mol. The Bertz CT molecular complexity index is 425. The van der Waals surface area contributed by atoms with Gasteiger partial charge in [0.25, 0.3) is 0 Å². The van der Waals surface area contributed by atoms with Crippen LogP contribution >= 0.6 is 0 Å². The highest BCUT2D eigenvalue weighted by molar-refractivity contribution is 6.19. The Balaban J connectivity index is 2.22. The van der Waals surface area contributed by atoms with Crippen LogP contribution in [0.4, 0.5) is 4.79 Å². The number of rotatable bonds is 3. The van der Waals surface area contributed by atoms with E-state index in [1.165, 1.54) is 4.90 Å². The van der Waals surface area contributed by atoms with Crippen molar-refractivity contribution in [3.63, 3.8) is 0 Å². The predicted molar refractivity (Wildman–Crippen MR) is 74.8 cm³/mol. The van der Waals surface area contributed by atoms with Gasteiger partial charge in [-0.1, -0.05) is 40.0 Å². The zero-order chi connectivity index (χ0) is 14.9. The molecule has 1 aliphatic carbocycles. The van der Waals surface area contributed by atoms with Gasteiger partial charge in [-0.3, -0.25) is 19.8 Å². The molecule has 1 saturated carbocycles. The van der Waals surface area contributed by atoms with E-state index in [0.717, 1.165) is 19.3 Å². The van der Waals surface area contributed by atoms with E-state index >= 15 is 0 Å². The molecule has 5 heteroatoms. The minimum absolute atomic E-state index is 0.221. The topological polar surface area (TPSA) is 66.5 Å². The number of amides is 4. The van der Waals surface area contributed by atoms with E-state index in [1.54, 1.807) is 0 Å². The van der Waals surface area contributed by atoms with Gasteiger partial charge in [-0.2, -0.15) is 0 Å². The number of hydrogen-bond donors (Lipinski definition) is 1. The number of hydrogen-bond acceptors (Lipinski definition) is 3. The van der Waals surface area contributed by atoms with E-state index in [2.05, 4.69) is 19.2 Å². The van der Waals surface area contributed by atoms with Gasteiger partial charge in [0, 0.05) is 6.54 Å². The molecule has 0 aromatic carbocycles. The van der Waals surface area contributed by atoms with E-state index in [9.17, 15) is 14.4 Å². The Morgan fingerprint density at radius 1 is 1.10 bits per heavy atom. The van der Waals surface area contributed by atoms with Gasteiger partial charge in [-0.25, -0.2) is 4.79 Å². The summed E-state index contributed by atoms with van der Waals surface area (Å²) >= 11 is 0. The van der Waals surface area contributed by atoms with Crippen molar-refractivity contribution in [1.29, 1.82) is 0 Å². The van der Waals surface area contributed by atoms with E-state index in [0.29, 0.717) is 25.3 Å². The first kappa shape index (κ1) is 15.0. The number of barbiturate groups is 1. The molecule has 2 fully saturated rings.